The molecule has 0 spiro atoms. The molecule has 0 atom stereocenters. The van der Waals surface area contributed by atoms with Crippen molar-refractivity contribution in [2.75, 3.05) is 33.7 Å². The van der Waals surface area contributed by atoms with Gasteiger partial charge in [-0.15, -0.1) is 0 Å². The third-order valence-electron chi connectivity index (χ3n) is 2.34. The fourth-order valence-electron chi connectivity index (χ4n) is 1.30. The molecule has 0 radical (unpaired) electrons. The van der Waals surface area contributed by atoms with Gasteiger partial charge in [0.1, 0.15) is 0 Å². The number of hydrogen-bond donors (Lipinski definition) is 2. The second kappa shape index (κ2) is 7.41. The Morgan fingerprint density at radius 3 is 2.83 bits per heavy atom. The Balaban J connectivity index is 2.30. The van der Waals surface area contributed by atoms with E-state index in [0.717, 1.165) is 13.0 Å². The number of rotatable bonds is 9. The summed E-state index contributed by atoms with van der Waals surface area (Å²) in [5.74, 6) is 0.413. The van der Waals surface area contributed by atoms with Crippen molar-refractivity contribution in [1.29, 1.82) is 0 Å². The second-order valence-corrected chi connectivity index (χ2v) is 5.63. The van der Waals surface area contributed by atoms with E-state index in [-0.39, 0.29) is 6.54 Å². The summed E-state index contributed by atoms with van der Waals surface area (Å²) in [6.45, 7) is 1.49. The highest BCUT2D eigenvalue weighted by Crippen LogP contribution is 1.97. The molecule has 0 aliphatic rings. The van der Waals surface area contributed by atoms with E-state index in [1.165, 1.54) is 10.6 Å². The van der Waals surface area contributed by atoms with Gasteiger partial charge in [-0.1, -0.05) is 5.16 Å². The van der Waals surface area contributed by atoms with Crippen molar-refractivity contribution in [1.82, 2.24) is 24.5 Å². The predicted octanol–water partition coefficient (Wildman–Crippen LogP) is -1.01. The van der Waals surface area contributed by atoms with Crippen LogP contribution in [0.25, 0.3) is 0 Å². The van der Waals surface area contributed by atoms with E-state index in [0.29, 0.717) is 18.9 Å². The first-order valence-electron chi connectivity index (χ1n) is 5.67. The van der Waals surface area contributed by atoms with Gasteiger partial charge in [0.05, 0.1) is 0 Å². The highest BCUT2D eigenvalue weighted by Gasteiger charge is 2.16. The van der Waals surface area contributed by atoms with Gasteiger partial charge >= 0.3 is 0 Å². The van der Waals surface area contributed by atoms with Gasteiger partial charge in [0.25, 0.3) is 10.2 Å². The van der Waals surface area contributed by atoms with Crippen LogP contribution in [0.4, 0.5) is 0 Å². The molecule has 9 heteroatoms. The van der Waals surface area contributed by atoms with Crippen molar-refractivity contribution in [3.8, 4) is 0 Å². The maximum Gasteiger partial charge on any atom is 0.279 e. The standard InChI is InChI=1S/C9H19N5O3S/c1-10-5-3-7-14(2)18(15,16)13-6-4-9-11-8-12-17-9/h8,10,13H,3-7H2,1-2H3. The lowest BCUT2D eigenvalue weighted by molar-refractivity contribution is 0.376. The van der Waals surface area contributed by atoms with Crippen molar-refractivity contribution in [2.24, 2.45) is 0 Å². The molecule has 1 aromatic rings. The van der Waals surface area contributed by atoms with Crippen LogP contribution in [0, 0.1) is 0 Å². The van der Waals surface area contributed by atoms with Crippen LogP contribution in [0.2, 0.25) is 0 Å². The van der Waals surface area contributed by atoms with E-state index in [9.17, 15) is 8.42 Å². The lowest BCUT2D eigenvalue weighted by Gasteiger charge is -2.17. The zero-order valence-corrected chi connectivity index (χ0v) is 11.4. The second-order valence-electron chi connectivity index (χ2n) is 3.76. The van der Waals surface area contributed by atoms with Gasteiger partial charge in [0.2, 0.25) is 5.89 Å². The van der Waals surface area contributed by atoms with E-state index in [1.54, 1.807) is 7.05 Å². The van der Waals surface area contributed by atoms with E-state index in [2.05, 4.69) is 20.2 Å². The maximum absolute atomic E-state index is 11.8. The van der Waals surface area contributed by atoms with E-state index in [4.69, 9.17) is 4.52 Å². The lowest BCUT2D eigenvalue weighted by atomic mass is 10.4. The fourth-order valence-corrected chi connectivity index (χ4v) is 2.25. The topological polar surface area (TPSA) is 100 Å². The normalized spacial score (nSPS) is 12.2. The summed E-state index contributed by atoms with van der Waals surface area (Å²) in [6.07, 6.45) is 2.43. The number of nitrogens with zero attached hydrogens (tertiary/aromatic N) is 3. The van der Waals surface area contributed by atoms with Crippen LogP contribution in [-0.2, 0) is 16.6 Å². The van der Waals surface area contributed by atoms with E-state index < -0.39 is 10.2 Å². The number of aromatic nitrogens is 2. The largest absolute Gasteiger partial charge is 0.340 e. The molecule has 18 heavy (non-hydrogen) atoms. The van der Waals surface area contributed by atoms with Gasteiger partial charge in [-0.05, 0) is 20.0 Å². The summed E-state index contributed by atoms with van der Waals surface area (Å²) >= 11 is 0. The minimum atomic E-state index is -3.43. The Kier molecular flexibility index (Phi) is 6.19. The minimum Gasteiger partial charge on any atom is -0.340 e. The molecule has 0 saturated carbocycles. The Bertz CT molecular complexity index is 419. The molecule has 8 nitrogen and oxygen atoms in total. The Labute approximate surface area is 107 Å². The summed E-state index contributed by atoms with van der Waals surface area (Å²) in [4.78, 5) is 3.81. The van der Waals surface area contributed by atoms with Crippen LogP contribution >= 0.6 is 0 Å². The zero-order valence-electron chi connectivity index (χ0n) is 10.6. The Morgan fingerprint density at radius 2 is 2.22 bits per heavy atom. The summed E-state index contributed by atoms with van der Waals surface area (Å²) in [5.41, 5.74) is 0. The summed E-state index contributed by atoms with van der Waals surface area (Å²) in [6, 6.07) is 0. The molecule has 0 saturated heterocycles. The SMILES string of the molecule is CNCCCN(C)S(=O)(=O)NCCc1ncno1. The number of hydrogen-bond acceptors (Lipinski definition) is 6. The van der Waals surface area contributed by atoms with E-state index >= 15 is 0 Å². The van der Waals surface area contributed by atoms with Gasteiger partial charge in [-0.2, -0.15) is 17.7 Å². The number of nitrogens with one attached hydrogen (secondary N) is 2. The van der Waals surface area contributed by atoms with Crippen molar-refractivity contribution >= 4 is 10.2 Å². The zero-order chi connectivity index (χ0) is 13.4. The third-order valence-corrected chi connectivity index (χ3v) is 3.91. The van der Waals surface area contributed by atoms with Gasteiger partial charge in [-0.3, -0.25) is 0 Å². The molecule has 2 N–H and O–H groups in total. The van der Waals surface area contributed by atoms with Gasteiger partial charge in [-0.25, -0.2) is 4.72 Å². The van der Waals surface area contributed by atoms with Crippen LogP contribution in [0.15, 0.2) is 10.9 Å². The van der Waals surface area contributed by atoms with Gasteiger partial charge in [0.15, 0.2) is 6.33 Å². The molecule has 0 aliphatic heterocycles. The average Bonchev–Trinajstić information content (AvgIpc) is 2.82. The lowest BCUT2D eigenvalue weighted by Crippen LogP contribution is -2.40. The monoisotopic (exact) mass is 277 g/mol. The van der Waals surface area contributed by atoms with Crippen LogP contribution in [0.3, 0.4) is 0 Å². The van der Waals surface area contributed by atoms with Crippen LogP contribution in [0.5, 0.6) is 0 Å². The van der Waals surface area contributed by atoms with Gasteiger partial charge < -0.3 is 9.84 Å². The van der Waals surface area contributed by atoms with Crippen molar-refractivity contribution in [3.05, 3.63) is 12.2 Å². The highest BCUT2D eigenvalue weighted by atomic mass is 32.2. The van der Waals surface area contributed by atoms with Crippen LogP contribution in [-0.4, -0.2) is 56.6 Å². The molecular weight excluding hydrogens is 258 g/mol. The van der Waals surface area contributed by atoms with Crippen molar-refractivity contribution in [3.63, 3.8) is 0 Å². The highest BCUT2D eigenvalue weighted by molar-refractivity contribution is 7.87. The minimum absolute atomic E-state index is 0.237. The van der Waals surface area contributed by atoms with Crippen LogP contribution < -0.4 is 10.0 Å². The molecule has 0 amide bonds. The smallest absolute Gasteiger partial charge is 0.279 e. The van der Waals surface area contributed by atoms with Crippen molar-refractivity contribution in [2.45, 2.75) is 12.8 Å². The molecule has 104 valence electrons. The first-order valence-corrected chi connectivity index (χ1v) is 7.11. The first-order chi connectivity index (χ1) is 8.56. The molecule has 1 heterocycles. The molecule has 0 fully saturated rings. The quantitative estimate of drug-likeness (QED) is 0.561. The molecule has 0 aromatic carbocycles. The molecule has 0 aliphatic carbocycles. The summed E-state index contributed by atoms with van der Waals surface area (Å²) in [7, 11) is -0.0514. The van der Waals surface area contributed by atoms with Crippen LogP contribution in [0.1, 0.15) is 12.3 Å². The molecular formula is C9H19N5O3S. The summed E-state index contributed by atoms with van der Waals surface area (Å²) in [5, 5.41) is 6.41. The Hall–Kier alpha value is -1.03. The Morgan fingerprint density at radius 1 is 1.44 bits per heavy atom. The van der Waals surface area contributed by atoms with Gasteiger partial charge in [0, 0.05) is 26.6 Å². The predicted molar refractivity (Wildman–Crippen MR) is 66.1 cm³/mol. The first kappa shape index (κ1) is 15.0. The maximum atomic E-state index is 11.8. The average molecular weight is 277 g/mol. The fraction of sp³-hybridized carbons (Fsp3) is 0.778. The molecule has 1 rings (SSSR count). The van der Waals surface area contributed by atoms with E-state index in [1.807, 2.05) is 7.05 Å². The molecule has 0 unspecified atom stereocenters. The molecule has 1 aromatic heterocycles. The summed E-state index contributed by atoms with van der Waals surface area (Å²) < 4.78 is 32.1. The third kappa shape index (κ3) is 5.08. The molecule has 0 bridgehead atoms. The van der Waals surface area contributed by atoms with Crippen molar-refractivity contribution < 1.29 is 12.9 Å².